The molecule has 0 aliphatic heterocycles. The number of nitrogens with zero attached hydrogens (tertiary/aromatic N) is 1. The quantitative estimate of drug-likeness (QED) is 0.773. The second-order valence-electron chi connectivity index (χ2n) is 4.22. The van der Waals surface area contributed by atoms with Crippen LogP contribution < -0.4 is 5.32 Å². The first-order valence-corrected chi connectivity index (χ1v) is 7.43. The number of hydrogen-bond acceptors (Lipinski definition) is 5. The first-order chi connectivity index (χ1) is 8.28. The molecule has 1 aromatic rings. The van der Waals surface area contributed by atoms with Crippen LogP contribution >= 0.6 is 0 Å². The molecule has 1 heterocycles. The normalized spacial score (nSPS) is 13.2. The molecule has 1 unspecified atom stereocenters. The van der Waals surface area contributed by atoms with Gasteiger partial charge < -0.3 is 10.4 Å². The number of rotatable bonds is 6. The van der Waals surface area contributed by atoms with Crippen molar-refractivity contribution in [2.45, 2.75) is 19.5 Å². The molecular formula is C11H16N2O4S. The van der Waals surface area contributed by atoms with Gasteiger partial charge in [-0.25, -0.2) is 13.2 Å². The van der Waals surface area contributed by atoms with Crippen LogP contribution in [-0.4, -0.2) is 42.5 Å². The number of nitrogens with one attached hydrogen (secondary N) is 1. The molecule has 6 nitrogen and oxygen atoms in total. The van der Waals surface area contributed by atoms with E-state index in [1.807, 2.05) is 0 Å². The average molecular weight is 272 g/mol. The second kappa shape index (κ2) is 5.92. The molecule has 7 heteroatoms. The van der Waals surface area contributed by atoms with Gasteiger partial charge in [-0.3, -0.25) is 4.98 Å². The standard InChI is InChI=1S/C11H16N2O4S/c1-8(7-18(2,16)17)12-6-10-4-3-9(5-13-10)11(14)15/h3-5,8,12H,6-7H2,1-2H3,(H,14,15). The van der Waals surface area contributed by atoms with Gasteiger partial charge in [0.05, 0.1) is 17.0 Å². The Bertz CT molecular complexity index is 510. The minimum atomic E-state index is -3.01. The van der Waals surface area contributed by atoms with Gasteiger partial charge in [0.25, 0.3) is 0 Å². The Balaban J connectivity index is 2.51. The zero-order valence-electron chi connectivity index (χ0n) is 10.3. The number of pyridine rings is 1. The molecule has 1 aromatic heterocycles. The highest BCUT2D eigenvalue weighted by molar-refractivity contribution is 7.90. The minimum absolute atomic E-state index is 0.0558. The molecule has 100 valence electrons. The van der Waals surface area contributed by atoms with E-state index in [1.165, 1.54) is 18.5 Å². The van der Waals surface area contributed by atoms with E-state index in [4.69, 9.17) is 5.11 Å². The van der Waals surface area contributed by atoms with Gasteiger partial charge in [-0.1, -0.05) is 0 Å². The number of hydrogen-bond donors (Lipinski definition) is 2. The lowest BCUT2D eigenvalue weighted by Gasteiger charge is -2.12. The van der Waals surface area contributed by atoms with E-state index in [1.54, 1.807) is 13.0 Å². The number of carboxylic acid groups (broad SMARTS) is 1. The number of carboxylic acids is 1. The van der Waals surface area contributed by atoms with E-state index in [2.05, 4.69) is 10.3 Å². The van der Waals surface area contributed by atoms with E-state index in [9.17, 15) is 13.2 Å². The van der Waals surface area contributed by atoms with Gasteiger partial charge in [0.15, 0.2) is 0 Å². The summed E-state index contributed by atoms with van der Waals surface area (Å²) in [5.41, 5.74) is 0.795. The van der Waals surface area contributed by atoms with E-state index in [0.717, 1.165) is 0 Å². The summed E-state index contributed by atoms with van der Waals surface area (Å²) in [6.45, 7) is 2.17. The molecule has 0 aliphatic rings. The van der Waals surface area contributed by atoms with Crippen molar-refractivity contribution >= 4 is 15.8 Å². The summed E-state index contributed by atoms with van der Waals surface area (Å²) in [7, 11) is -3.01. The van der Waals surface area contributed by atoms with E-state index in [0.29, 0.717) is 12.2 Å². The third-order valence-corrected chi connectivity index (χ3v) is 3.36. The zero-order valence-corrected chi connectivity index (χ0v) is 11.1. The van der Waals surface area contributed by atoms with Crippen molar-refractivity contribution in [2.75, 3.05) is 12.0 Å². The topological polar surface area (TPSA) is 96.4 Å². The molecule has 0 amide bonds. The monoisotopic (exact) mass is 272 g/mol. The van der Waals surface area contributed by atoms with Gasteiger partial charge in [-0.05, 0) is 19.1 Å². The van der Waals surface area contributed by atoms with Crippen molar-refractivity contribution in [1.82, 2.24) is 10.3 Å². The van der Waals surface area contributed by atoms with Crippen molar-refractivity contribution in [3.05, 3.63) is 29.6 Å². The number of carbonyl (C=O) groups is 1. The highest BCUT2D eigenvalue weighted by atomic mass is 32.2. The van der Waals surface area contributed by atoms with Crippen molar-refractivity contribution < 1.29 is 18.3 Å². The van der Waals surface area contributed by atoms with Crippen LogP contribution in [0.3, 0.4) is 0 Å². The zero-order chi connectivity index (χ0) is 13.8. The summed E-state index contributed by atoms with van der Waals surface area (Å²) < 4.78 is 22.1. The summed E-state index contributed by atoms with van der Waals surface area (Å²) in [6.07, 6.45) is 2.46. The lowest BCUT2D eigenvalue weighted by Crippen LogP contribution is -2.32. The number of aromatic carboxylic acids is 1. The summed E-state index contributed by atoms with van der Waals surface area (Å²) in [6, 6.07) is 2.89. The van der Waals surface area contributed by atoms with Gasteiger partial charge in [-0.15, -0.1) is 0 Å². The fourth-order valence-corrected chi connectivity index (χ4v) is 2.47. The molecule has 1 rings (SSSR count). The van der Waals surface area contributed by atoms with E-state index in [-0.39, 0.29) is 17.4 Å². The summed E-state index contributed by atoms with van der Waals surface area (Å²) in [5.74, 6) is -0.965. The molecule has 0 spiro atoms. The summed E-state index contributed by atoms with van der Waals surface area (Å²) in [5, 5.41) is 11.7. The molecule has 0 fully saturated rings. The Morgan fingerprint density at radius 2 is 2.17 bits per heavy atom. The van der Waals surface area contributed by atoms with Gasteiger partial charge >= 0.3 is 5.97 Å². The average Bonchev–Trinajstić information content (AvgIpc) is 2.24. The predicted molar refractivity (Wildman–Crippen MR) is 67.2 cm³/mol. The van der Waals surface area contributed by atoms with Crippen LogP contribution in [0.2, 0.25) is 0 Å². The molecule has 0 radical (unpaired) electrons. The largest absolute Gasteiger partial charge is 0.478 e. The lowest BCUT2D eigenvalue weighted by atomic mass is 10.2. The smallest absolute Gasteiger partial charge is 0.337 e. The fourth-order valence-electron chi connectivity index (χ4n) is 1.45. The molecule has 2 N–H and O–H groups in total. The molecule has 0 aliphatic carbocycles. The Kier molecular flexibility index (Phi) is 4.80. The minimum Gasteiger partial charge on any atom is -0.478 e. The lowest BCUT2D eigenvalue weighted by molar-refractivity contribution is 0.0696. The molecule has 0 saturated heterocycles. The van der Waals surface area contributed by atoms with Gasteiger partial charge in [0.2, 0.25) is 0 Å². The first kappa shape index (κ1) is 14.6. The predicted octanol–water partition coefficient (Wildman–Crippen LogP) is 0.302. The highest BCUT2D eigenvalue weighted by Crippen LogP contribution is 2.01. The highest BCUT2D eigenvalue weighted by Gasteiger charge is 2.10. The van der Waals surface area contributed by atoms with Crippen LogP contribution in [0.1, 0.15) is 23.0 Å². The third kappa shape index (κ3) is 5.24. The maximum atomic E-state index is 11.1. The molecular weight excluding hydrogens is 256 g/mol. The third-order valence-electron chi connectivity index (χ3n) is 2.26. The van der Waals surface area contributed by atoms with Crippen LogP contribution in [0.5, 0.6) is 0 Å². The Morgan fingerprint density at radius 3 is 2.61 bits per heavy atom. The van der Waals surface area contributed by atoms with Crippen LogP contribution in [0.4, 0.5) is 0 Å². The SMILES string of the molecule is CC(CS(C)(=O)=O)NCc1ccc(C(=O)O)cn1. The van der Waals surface area contributed by atoms with Crippen molar-refractivity contribution in [1.29, 1.82) is 0 Å². The molecule has 1 atom stereocenters. The summed E-state index contributed by atoms with van der Waals surface area (Å²) >= 11 is 0. The summed E-state index contributed by atoms with van der Waals surface area (Å²) in [4.78, 5) is 14.6. The maximum absolute atomic E-state index is 11.1. The van der Waals surface area contributed by atoms with Gasteiger partial charge in [0.1, 0.15) is 9.84 Å². The molecule has 0 bridgehead atoms. The fraction of sp³-hybridized carbons (Fsp3) is 0.455. The molecule has 18 heavy (non-hydrogen) atoms. The van der Waals surface area contributed by atoms with Crippen molar-refractivity contribution in [3.63, 3.8) is 0 Å². The molecule has 0 aromatic carbocycles. The Labute approximate surface area is 106 Å². The first-order valence-electron chi connectivity index (χ1n) is 5.37. The van der Waals surface area contributed by atoms with Crippen LogP contribution in [0.15, 0.2) is 18.3 Å². The number of sulfone groups is 1. The maximum Gasteiger partial charge on any atom is 0.337 e. The van der Waals surface area contributed by atoms with Crippen LogP contribution in [0.25, 0.3) is 0 Å². The Hall–Kier alpha value is -1.47. The van der Waals surface area contributed by atoms with Crippen molar-refractivity contribution in [3.8, 4) is 0 Å². The van der Waals surface area contributed by atoms with Gasteiger partial charge in [-0.2, -0.15) is 0 Å². The van der Waals surface area contributed by atoms with Crippen molar-refractivity contribution in [2.24, 2.45) is 0 Å². The van der Waals surface area contributed by atoms with Gasteiger partial charge in [0, 0.05) is 25.0 Å². The van der Waals surface area contributed by atoms with E-state index < -0.39 is 15.8 Å². The van der Waals surface area contributed by atoms with E-state index >= 15 is 0 Å². The number of aromatic nitrogens is 1. The second-order valence-corrected chi connectivity index (χ2v) is 6.40. The van der Waals surface area contributed by atoms with Crippen LogP contribution in [0, 0.1) is 0 Å². The van der Waals surface area contributed by atoms with Crippen LogP contribution in [-0.2, 0) is 16.4 Å². The Morgan fingerprint density at radius 1 is 1.50 bits per heavy atom. The molecule has 0 saturated carbocycles.